The fourth-order valence-corrected chi connectivity index (χ4v) is 14.4. The number of rotatable bonds is 6. The zero-order chi connectivity index (χ0) is 42.4. The largest absolute Gasteiger partial charge is 0.456 e. The molecule has 0 bridgehead atoms. The van der Waals surface area contributed by atoms with Crippen LogP contribution in [0.15, 0.2) is 191 Å². The Morgan fingerprint density at radius 3 is 1.78 bits per heavy atom. The van der Waals surface area contributed by atoms with Crippen LogP contribution < -0.4 is 25.5 Å². The van der Waals surface area contributed by atoms with Crippen LogP contribution in [-0.4, -0.2) is 8.07 Å². The Kier molecular flexibility index (Phi) is 7.26. The molecule has 1 aliphatic rings. The monoisotopic (exact) mass is 781 g/mol. The van der Waals surface area contributed by atoms with E-state index in [1.807, 2.05) is 61.5 Å². The molecule has 1 atom stereocenters. The number of fused-ring (bicyclic) bond motifs is 7. The Morgan fingerprint density at radius 1 is 0.492 bits per heavy atom. The van der Waals surface area contributed by atoms with E-state index in [-0.39, 0.29) is 0 Å². The van der Waals surface area contributed by atoms with Gasteiger partial charge in [-0.1, -0.05) is 184 Å². The minimum Gasteiger partial charge on any atom is -0.456 e. The molecule has 0 aliphatic carbocycles. The summed E-state index contributed by atoms with van der Waals surface area (Å²) in [4.78, 5) is 0. The van der Waals surface area contributed by atoms with Gasteiger partial charge >= 0.3 is 0 Å². The van der Waals surface area contributed by atoms with E-state index in [2.05, 4.69) is 141 Å². The first-order valence-corrected chi connectivity index (χ1v) is 22.2. The molecule has 11 rings (SSSR count). The molecule has 2 aromatic heterocycles. The van der Waals surface area contributed by atoms with Gasteiger partial charge in [-0.3, -0.25) is 0 Å². The van der Waals surface area contributed by atoms with E-state index in [4.69, 9.17) is 17.7 Å². The van der Waals surface area contributed by atoms with E-state index in [1.165, 1.54) is 20.7 Å². The molecular formula is C55H42O3Si. The minimum absolute atomic E-state index is 0.529. The Bertz CT molecular complexity index is 3330. The molecular weight excluding hydrogens is 737 g/mol. The SMILES string of the molecule is [2H]C([2H])([2H])C1(C)c2ccccc2Oc2c(-c3cc([Si](c4ccccc4)(c4ccccc4)c4ccc(C)c(-c5cccc6c5oc5oc7ccccc7c56)c4)ccc3C)cccc21. The zero-order valence-corrected chi connectivity index (χ0v) is 34.0. The van der Waals surface area contributed by atoms with Crippen LogP contribution in [0, 0.1) is 13.8 Å². The van der Waals surface area contributed by atoms with E-state index in [9.17, 15) is 0 Å². The molecule has 1 aliphatic heterocycles. The predicted molar refractivity (Wildman–Crippen MR) is 246 cm³/mol. The van der Waals surface area contributed by atoms with Crippen molar-refractivity contribution in [2.24, 2.45) is 0 Å². The summed E-state index contributed by atoms with van der Waals surface area (Å²) in [5, 5.41) is 7.95. The molecule has 3 nitrogen and oxygen atoms in total. The van der Waals surface area contributed by atoms with Crippen LogP contribution in [0.2, 0.25) is 0 Å². The van der Waals surface area contributed by atoms with Crippen molar-refractivity contribution in [3.05, 3.63) is 204 Å². The Balaban J connectivity index is 1.17. The van der Waals surface area contributed by atoms with Crippen LogP contribution in [0.25, 0.3) is 55.4 Å². The third-order valence-corrected chi connectivity index (χ3v) is 17.3. The van der Waals surface area contributed by atoms with Crippen LogP contribution in [0.4, 0.5) is 0 Å². The topological polar surface area (TPSA) is 35.5 Å². The van der Waals surface area contributed by atoms with Crippen LogP contribution >= 0.6 is 0 Å². The van der Waals surface area contributed by atoms with Crippen LogP contribution in [-0.2, 0) is 5.41 Å². The summed E-state index contributed by atoms with van der Waals surface area (Å²) in [5.74, 6) is 1.68. The number of hydrogen-bond donors (Lipinski definition) is 0. The number of hydrogen-bond acceptors (Lipinski definition) is 3. The Hall–Kier alpha value is -6.88. The average molecular weight is 782 g/mol. The smallest absolute Gasteiger partial charge is 0.299 e. The van der Waals surface area contributed by atoms with E-state index in [0.29, 0.717) is 28.4 Å². The van der Waals surface area contributed by atoms with Gasteiger partial charge in [0.25, 0.3) is 5.78 Å². The first-order chi connectivity index (χ1) is 30.1. The summed E-state index contributed by atoms with van der Waals surface area (Å²) >= 11 is 0. The lowest BCUT2D eigenvalue weighted by Crippen LogP contribution is -2.74. The summed E-state index contributed by atoms with van der Waals surface area (Å²) in [7, 11) is -3.13. The standard InChI is InChI=1S/C55H42O3Si/c1-35-29-31-39(33-45(35)41-22-15-24-44-51-43-21-11-13-27-49(43)57-54(51)58-52(41)44)59(37-17-7-5-8-18-37,38-19-9-6-10-20-38)40-32-30-36(2)46(34-40)42-23-16-26-48-53(42)56-50-28-14-12-25-47(50)55(48,3)4/h5-34H,1-4H3/i3D3. The van der Waals surface area contributed by atoms with Crippen molar-refractivity contribution >= 4 is 61.9 Å². The summed E-state index contributed by atoms with van der Waals surface area (Å²) in [6.07, 6.45) is 0. The minimum atomic E-state index is -3.13. The second kappa shape index (κ2) is 13.3. The second-order valence-electron chi connectivity index (χ2n) is 16.0. The lowest BCUT2D eigenvalue weighted by molar-refractivity contribution is 0.419. The molecule has 0 N–H and O–H groups in total. The molecule has 8 aromatic carbocycles. The number of benzene rings is 8. The molecule has 3 heterocycles. The van der Waals surface area contributed by atoms with Gasteiger partial charge in [-0.25, -0.2) is 0 Å². The highest BCUT2D eigenvalue weighted by atomic mass is 28.3. The first-order valence-electron chi connectivity index (χ1n) is 21.7. The second-order valence-corrected chi connectivity index (χ2v) is 19.8. The predicted octanol–water partition coefficient (Wildman–Crippen LogP) is 12.1. The number of para-hydroxylation sites is 4. The quantitative estimate of drug-likeness (QED) is 0.124. The van der Waals surface area contributed by atoms with E-state index in [1.54, 1.807) is 0 Å². The van der Waals surface area contributed by atoms with Crippen LogP contribution in [0.1, 0.15) is 40.1 Å². The highest BCUT2D eigenvalue weighted by Gasteiger charge is 2.43. The molecule has 0 spiro atoms. The van der Waals surface area contributed by atoms with E-state index < -0.39 is 20.3 Å². The maximum atomic E-state index is 8.87. The molecule has 0 amide bonds. The molecule has 0 fully saturated rings. The maximum Gasteiger partial charge on any atom is 0.299 e. The van der Waals surface area contributed by atoms with Gasteiger partial charge in [0.05, 0.1) is 5.39 Å². The van der Waals surface area contributed by atoms with Crippen molar-refractivity contribution in [1.29, 1.82) is 0 Å². The molecule has 284 valence electrons. The maximum absolute atomic E-state index is 8.87. The van der Waals surface area contributed by atoms with Gasteiger partial charge in [0.1, 0.15) is 22.7 Å². The summed E-state index contributed by atoms with van der Waals surface area (Å²) in [5.41, 5.74) is 7.82. The number of aryl methyl sites for hydroxylation is 2. The first kappa shape index (κ1) is 32.1. The van der Waals surface area contributed by atoms with Crippen LogP contribution in [0.5, 0.6) is 11.5 Å². The van der Waals surface area contributed by atoms with Gasteiger partial charge in [-0.05, 0) is 69.0 Å². The van der Waals surface area contributed by atoms with Crippen molar-refractivity contribution in [3.63, 3.8) is 0 Å². The third kappa shape index (κ3) is 5.26. The molecule has 0 saturated heterocycles. The van der Waals surface area contributed by atoms with Crippen molar-refractivity contribution in [3.8, 4) is 33.8 Å². The normalized spacial score (nSPS) is 15.9. The molecule has 4 heteroatoms. The number of furan rings is 2. The lowest BCUT2D eigenvalue weighted by Gasteiger charge is -2.36. The van der Waals surface area contributed by atoms with Gasteiger partial charge in [0, 0.05) is 42.6 Å². The summed E-state index contributed by atoms with van der Waals surface area (Å²) in [6, 6.07) is 63.6. The molecule has 10 aromatic rings. The summed E-state index contributed by atoms with van der Waals surface area (Å²) < 4.78 is 46.3. The number of ether oxygens (including phenoxy) is 1. The van der Waals surface area contributed by atoms with Gasteiger partial charge in [-0.2, -0.15) is 0 Å². The molecule has 1 unspecified atom stereocenters. The Morgan fingerprint density at radius 2 is 1.07 bits per heavy atom. The average Bonchev–Trinajstić information content (AvgIpc) is 3.85. The molecule has 59 heavy (non-hydrogen) atoms. The van der Waals surface area contributed by atoms with Gasteiger partial charge < -0.3 is 13.6 Å². The van der Waals surface area contributed by atoms with Crippen molar-refractivity contribution in [2.45, 2.75) is 33.0 Å². The zero-order valence-electron chi connectivity index (χ0n) is 36.0. The fraction of sp³-hybridized carbons (Fsp3) is 0.0909. The van der Waals surface area contributed by atoms with E-state index >= 15 is 0 Å². The van der Waals surface area contributed by atoms with Crippen molar-refractivity contribution < 1.29 is 17.7 Å². The molecule has 0 radical (unpaired) electrons. The highest BCUT2D eigenvalue weighted by molar-refractivity contribution is 7.20. The van der Waals surface area contributed by atoms with Crippen molar-refractivity contribution in [2.75, 3.05) is 0 Å². The third-order valence-electron chi connectivity index (χ3n) is 12.6. The highest BCUT2D eigenvalue weighted by Crippen LogP contribution is 2.51. The lowest BCUT2D eigenvalue weighted by atomic mass is 9.74. The summed E-state index contributed by atoms with van der Waals surface area (Å²) in [6.45, 7) is 3.79. The molecule has 0 saturated carbocycles. The van der Waals surface area contributed by atoms with Gasteiger partial charge in [-0.15, -0.1) is 0 Å². The van der Waals surface area contributed by atoms with Gasteiger partial charge in [0.2, 0.25) is 0 Å². The Labute approximate surface area is 349 Å². The fourth-order valence-electron chi connectivity index (χ4n) is 9.64. The van der Waals surface area contributed by atoms with E-state index in [0.717, 1.165) is 60.7 Å². The van der Waals surface area contributed by atoms with Gasteiger partial charge in [0.15, 0.2) is 8.07 Å². The van der Waals surface area contributed by atoms with Crippen molar-refractivity contribution in [1.82, 2.24) is 0 Å². The van der Waals surface area contributed by atoms with Crippen LogP contribution in [0.3, 0.4) is 0 Å².